The van der Waals surface area contributed by atoms with Crippen LogP contribution in [0.4, 0.5) is 4.39 Å². The Hall–Kier alpha value is -2.37. The lowest BCUT2D eigenvalue weighted by molar-refractivity contribution is 0.0689. The second-order valence-corrected chi connectivity index (χ2v) is 3.51. The topological polar surface area (TPSA) is 75.4 Å². The maximum absolute atomic E-state index is 13.6. The van der Waals surface area contributed by atoms with Crippen molar-refractivity contribution in [3.8, 4) is 17.0 Å². The summed E-state index contributed by atoms with van der Waals surface area (Å²) in [6, 6.07) is 4.93. The maximum atomic E-state index is 13.6. The summed E-state index contributed by atoms with van der Waals surface area (Å²) >= 11 is 0. The SMILES string of the molecule is Cn1nc(C(=O)O)cc1-c1ccc(O)cc1F. The maximum Gasteiger partial charge on any atom is 0.356 e. The molecule has 0 aliphatic rings. The first-order chi connectivity index (χ1) is 7.99. The number of phenols is 1. The first-order valence-corrected chi connectivity index (χ1v) is 4.75. The molecule has 0 aliphatic heterocycles. The third-order valence-electron chi connectivity index (χ3n) is 2.33. The molecule has 0 radical (unpaired) electrons. The zero-order valence-corrected chi connectivity index (χ0v) is 8.88. The lowest BCUT2D eigenvalue weighted by Gasteiger charge is -2.03. The Kier molecular flexibility index (Phi) is 2.55. The third kappa shape index (κ3) is 1.96. The standard InChI is InChI=1S/C11H9FN2O3/c1-14-10(5-9(13-14)11(16)17)7-3-2-6(15)4-8(7)12/h2-5,15H,1H3,(H,16,17). The monoisotopic (exact) mass is 236 g/mol. The zero-order valence-electron chi connectivity index (χ0n) is 8.88. The molecule has 0 saturated carbocycles. The number of aromatic hydroxyl groups is 1. The van der Waals surface area contributed by atoms with Gasteiger partial charge in [-0.1, -0.05) is 0 Å². The Morgan fingerprint density at radius 1 is 1.41 bits per heavy atom. The summed E-state index contributed by atoms with van der Waals surface area (Å²) in [7, 11) is 1.52. The predicted molar refractivity (Wildman–Crippen MR) is 57.2 cm³/mol. The summed E-state index contributed by atoms with van der Waals surface area (Å²) < 4.78 is 14.9. The molecule has 2 rings (SSSR count). The van der Waals surface area contributed by atoms with Crippen molar-refractivity contribution in [3.63, 3.8) is 0 Å². The Bertz CT molecular complexity index is 592. The minimum absolute atomic E-state index is 0.157. The van der Waals surface area contributed by atoms with Gasteiger partial charge >= 0.3 is 5.97 Å². The minimum Gasteiger partial charge on any atom is -0.508 e. The van der Waals surface area contributed by atoms with Gasteiger partial charge < -0.3 is 10.2 Å². The van der Waals surface area contributed by atoms with Crippen LogP contribution in [-0.4, -0.2) is 26.0 Å². The van der Waals surface area contributed by atoms with Crippen molar-refractivity contribution in [2.24, 2.45) is 7.05 Å². The smallest absolute Gasteiger partial charge is 0.356 e. The number of aromatic carboxylic acids is 1. The number of carboxylic acid groups (broad SMARTS) is 1. The van der Waals surface area contributed by atoms with E-state index in [4.69, 9.17) is 10.2 Å². The molecular weight excluding hydrogens is 227 g/mol. The van der Waals surface area contributed by atoms with Crippen LogP contribution < -0.4 is 0 Å². The molecule has 1 heterocycles. The van der Waals surface area contributed by atoms with Gasteiger partial charge in [0.05, 0.1) is 5.69 Å². The van der Waals surface area contributed by atoms with Crippen molar-refractivity contribution in [3.05, 3.63) is 35.8 Å². The number of rotatable bonds is 2. The molecule has 0 atom stereocenters. The molecule has 6 heteroatoms. The number of phenolic OH excluding ortho intramolecular Hbond substituents is 1. The Balaban J connectivity index is 2.56. The number of carbonyl (C=O) groups is 1. The Morgan fingerprint density at radius 3 is 2.65 bits per heavy atom. The van der Waals surface area contributed by atoms with Crippen molar-refractivity contribution in [2.75, 3.05) is 0 Å². The second-order valence-electron chi connectivity index (χ2n) is 3.51. The van der Waals surface area contributed by atoms with E-state index in [1.165, 1.54) is 29.9 Å². The van der Waals surface area contributed by atoms with Crippen LogP contribution in [0, 0.1) is 5.82 Å². The molecule has 1 aromatic heterocycles. The van der Waals surface area contributed by atoms with Gasteiger partial charge in [0.1, 0.15) is 11.6 Å². The number of benzene rings is 1. The molecule has 0 bridgehead atoms. The fraction of sp³-hybridized carbons (Fsp3) is 0.0909. The largest absolute Gasteiger partial charge is 0.508 e. The highest BCUT2D eigenvalue weighted by Gasteiger charge is 2.15. The van der Waals surface area contributed by atoms with E-state index in [2.05, 4.69) is 5.10 Å². The van der Waals surface area contributed by atoms with Crippen LogP contribution in [0.25, 0.3) is 11.3 Å². The first-order valence-electron chi connectivity index (χ1n) is 4.75. The molecule has 2 aromatic rings. The highest BCUT2D eigenvalue weighted by atomic mass is 19.1. The quantitative estimate of drug-likeness (QED) is 0.830. The molecular formula is C11H9FN2O3. The van der Waals surface area contributed by atoms with Crippen molar-refractivity contribution < 1.29 is 19.4 Å². The van der Waals surface area contributed by atoms with Crippen molar-refractivity contribution in [1.29, 1.82) is 0 Å². The molecule has 0 fully saturated rings. The molecule has 0 saturated heterocycles. The van der Waals surface area contributed by atoms with Gasteiger partial charge in [-0.25, -0.2) is 9.18 Å². The van der Waals surface area contributed by atoms with Gasteiger partial charge in [0.2, 0.25) is 0 Å². The average molecular weight is 236 g/mol. The van der Waals surface area contributed by atoms with Gasteiger partial charge in [0.25, 0.3) is 0 Å². The fourth-order valence-corrected chi connectivity index (χ4v) is 1.54. The highest BCUT2D eigenvalue weighted by Crippen LogP contribution is 2.25. The molecule has 1 aromatic carbocycles. The van der Waals surface area contributed by atoms with E-state index in [-0.39, 0.29) is 17.0 Å². The van der Waals surface area contributed by atoms with E-state index in [1.54, 1.807) is 0 Å². The van der Waals surface area contributed by atoms with Gasteiger partial charge in [-0.3, -0.25) is 4.68 Å². The van der Waals surface area contributed by atoms with Gasteiger partial charge in [-0.2, -0.15) is 5.10 Å². The average Bonchev–Trinajstić information content (AvgIpc) is 2.61. The zero-order chi connectivity index (χ0) is 12.6. The Labute approximate surface area is 95.7 Å². The van der Waals surface area contributed by atoms with Gasteiger partial charge in [0, 0.05) is 18.7 Å². The predicted octanol–water partition coefficient (Wildman–Crippen LogP) is 1.63. The second kappa shape index (κ2) is 3.89. The summed E-state index contributed by atoms with van der Waals surface area (Å²) in [4.78, 5) is 10.7. The summed E-state index contributed by atoms with van der Waals surface area (Å²) in [6.45, 7) is 0. The fourth-order valence-electron chi connectivity index (χ4n) is 1.54. The molecule has 17 heavy (non-hydrogen) atoms. The van der Waals surface area contributed by atoms with Crippen molar-refractivity contribution in [1.82, 2.24) is 9.78 Å². The molecule has 5 nitrogen and oxygen atoms in total. The first kappa shape index (κ1) is 11.1. The molecule has 0 amide bonds. The van der Waals surface area contributed by atoms with E-state index in [9.17, 15) is 9.18 Å². The molecule has 2 N–H and O–H groups in total. The van der Waals surface area contributed by atoms with Crippen LogP contribution in [0.2, 0.25) is 0 Å². The number of halogens is 1. The van der Waals surface area contributed by atoms with Gasteiger partial charge in [-0.05, 0) is 18.2 Å². The molecule has 0 spiro atoms. The number of hydrogen-bond acceptors (Lipinski definition) is 3. The summed E-state index contributed by atoms with van der Waals surface area (Å²) in [5.41, 5.74) is 0.361. The van der Waals surface area contributed by atoms with E-state index >= 15 is 0 Å². The van der Waals surface area contributed by atoms with Crippen LogP contribution >= 0.6 is 0 Å². The molecule has 0 unspecified atom stereocenters. The van der Waals surface area contributed by atoms with Crippen LogP contribution in [0.3, 0.4) is 0 Å². The van der Waals surface area contributed by atoms with Gasteiger partial charge in [-0.15, -0.1) is 0 Å². The van der Waals surface area contributed by atoms with Crippen LogP contribution in [0.5, 0.6) is 5.75 Å². The van der Waals surface area contributed by atoms with E-state index in [0.29, 0.717) is 5.69 Å². The van der Waals surface area contributed by atoms with Gasteiger partial charge in [0.15, 0.2) is 5.69 Å². The number of aryl methyl sites for hydroxylation is 1. The number of hydrogen-bond donors (Lipinski definition) is 2. The van der Waals surface area contributed by atoms with Crippen LogP contribution in [-0.2, 0) is 7.05 Å². The Morgan fingerprint density at radius 2 is 2.12 bits per heavy atom. The lowest BCUT2D eigenvalue weighted by atomic mass is 10.1. The highest BCUT2D eigenvalue weighted by molar-refractivity contribution is 5.87. The van der Waals surface area contributed by atoms with Crippen LogP contribution in [0.15, 0.2) is 24.3 Å². The number of aromatic nitrogens is 2. The molecule has 0 aliphatic carbocycles. The normalized spacial score (nSPS) is 10.5. The minimum atomic E-state index is -1.17. The summed E-state index contributed by atoms with van der Waals surface area (Å²) in [5.74, 6) is -2.00. The number of carboxylic acids is 1. The van der Waals surface area contributed by atoms with Crippen molar-refractivity contribution in [2.45, 2.75) is 0 Å². The van der Waals surface area contributed by atoms with E-state index < -0.39 is 11.8 Å². The summed E-state index contributed by atoms with van der Waals surface area (Å²) in [5, 5.41) is 21.6. The van der Waals surface area contributed by atoms with E-state index in [0.717, 1.165) is 6.07 Å². The lowest BCUT2D eigenvalue weighted by Crippen LogP contribution is -1.99. The van der Waals surface area contributed by atoms with Crippen LogP contribution in [0.1, 0.15) is 10.5 Å². The van der Waals surface area contributed by atoms with Crippen molar-refractivity contribution >= 4 is 5.97 Å². The summed E-state index contributed by atoms with van der Waals surface area (Å²) in [6.07, 6.45) is 0. The van der Waals surface area contributed by atoms with E-state index in [1.807, 2.05) is 0 Å². The molecule has 88 valence electrons. The number of nitrogens with zero attached hydrogens (tertiary/aromatic N) is 2. The third-order valence-corrected chi connectivity index (χ3v) is 2.33.